The zero-order chi connectivity index (χ0) is 18.6. The van der Waals surface area contributed by atoms with Crippen molar-refractivity contribution in [1.82, 2.24) is 0 Å². The van der Waals surface area contributed by atoms with Gasteiger partial charge in [0, 0.05) is 0 Å². The van der Waals surface area contributed by atoms with Crippen molar-refractivity contribution in [3.05, 3.63) is 0 Å². The van der Waals surface area contributed by atoms with Crippen molar-refractivity contribution in [2.75, 3.05) is 0 Å². The van der Waals surface area contributed by atoms with E-state index in [1.165, 1.54) is 121 Å². The largest absolute Gasteiger partial charge is 0.0678 e. The lowest BCUT2D eigenvalue weighted by Crippen LogP contribution is -2.30. The van der Waals surface area contributed by atoms with Gasteiger partial charge >= 0.3 is 0 Å². The van der Waals surface area contributed by atoms with Crippen LogP contribution < -0.4 is 0 Å². The zero-order valence-electron chi connectivity index (χ0n) is 18.6. The molecule has 0 fully saturated rings. The van der Waals surface area contributed by atoms with Crippen LogP contribution in [0.5, 0.6) is 0 Å². The molecule has 0 N–H and O–H groups in total. The van der Waals surface area contributed by atoms with E-state index in [1.807, 2.05) is 0 Å². The van der Waals surface area contributed by atoms with E-state index in [0.717, 1.165) is 0 Å². The Labute approximate surface area is 163 Å². The molecule has 0 aliphatic heterocycles. The standard InChI is InChI=1S/C24H52Si/c1-5-9-10-11-12-13-14-15-16-17-18-19-20-21-22-23-24-25(6-2,7-3)8-4/h5-24H2,1-4H3. The van der Waals surface area contributed by atoms with E-state index in [-0.39, 0.29) is 0 Å². The van der Waals surface area contributed by atoms with Crippen LogP contribution in [-0.4, -0.2) is 8.07 Å². The number of hydrogen-bond donors (Lipinski definition) is 0. The number of unbranched alkanes of at least 4 members (excludes halogenated alkanes) is 15. The lowest BCUT2D eigenvalue weighted by molar-refractivity contribution is 0.531. The SMILES string of the molecule is CCCCCCCCCCCCCCCCCC[Si](CC)(CC)CC. The molecule has 0 aromatic carbocycles. The van der Waals surface area contributed by atoms with Crippen LogP contribution in [0.25, 0.3) is 0 Å². The fraction of sp³-hybridized carbons (Fsp3) is 1.00. The predicted molar refractivity (Wildman–Crippen MR) is 122 cm³/mol. The summed E-state index contributed by atoms with van der Waals surface area (Å²) in [5.41, 5.74) is 0. The molecule has 0 amide bonds. The van der Waals surface area contributed by atoms with Crippen LogP contribution in [0.3, 0.4) is 0 Å². The highest BCUT2D eigenvalue weighted by Crippen LogP contribution is 2.27. The van der Waals surface area contributed by atoms with Gasteiger partial charge in [0.25, 0.3) is 0 Å². The van der Waals surface area contributed by atoms with E-state index < -0.39 is 8.07 Å². The molecule has 0 heterocycles. The Morgan fingerprint density at radius 1 is 0.360 bits per heavy atom. The van der Waals surface area contributed by atoms with Crippen molar-refractivity contribution in [3.8, 4) is 0 Å². The van der Waals surface area contributed by atoms with Gasteiger partial charge in [-0.25, -0.2) is 0 Å². The molecule has 152 valence electrons. The molecule has 1 heteroatoms. The minimum absolute atomic E-state index is 0.825. The van der Waals surface area contributed by atoms with E-state index in [0.29, 0.717) is 0 Å². The lowest BCUT2D eigenvalue weighted by Gasteiger charge is -2.28. The third-order valence-corrected chi connectivity index (χ3v) is 12.7. The van der Waals surface area contributed by atoms with Crippen LogP contribution in [0.4, 0.5) is 0 Å². The Bertz CT molecular complexity index is 236. The first-order valence-corrected chi connectivity index (χ1v) is 15.1. The first kappa shape index (κ1) is 25.2. The van der Waals surface area contributed by atoms with Gasteiger partial charge < -0.3 is 0 Å². The van der Waals surface area contributed by atoms with Crippen molar-refractivity contribution < 1.29 is 0 Å². The Kier molecular flexibility index (Phi) is 19.2. The maximum absolute atomic E-state index is 2.45. The summed E-state index contributed by atoms with van der Waals surface area (Å²) in [5.74, 6) is 0. The van der Waals surface area contributed by atoms with Gasteiger partial charge in [0.1, 0.15) is 0 Å². The Hall–Kier alpha value is 0.217. The third kappa shape index (κ3) is 15.0. The Morgan fingerprint density at radius 2 is 0.640 bits per heavy atom. The quantitative estimate of drug-likeness (QED) is 0.148. The second-order valence-corrected chi connectivity index (χ2v) is 14.2. The highest BCUT2D eigenvalue weighted by atomic mass is 28.3. The van der Waals surface area contributed by atoms with Crippen molar-refractivity contribution in [3.63, 3.8) is 0 Å². The summed E-state index contributed by atoms with van der Waals surface area (Å²) in [6.45, 7) is 9.65. The molecule has 0 saturated heterocycles. The first-order chi connectivity index (χ1) is 12.2. The summed E-state index contributed by atoms with van der Waals surface area (Å²) >= 11 is 0. The average Bonchev–Trinajstić information content (AvgIpc) is 2.65. The second kappa shape index (κ2) is 19.0. The van der Waals surface area contributed by atoms with Gasteiger partial charge in [0.2, 0.25) is 0 Å². The smallest absolute Gasteiger partial charge is 0.0527 e. The fourth-order valence-electron chi connectivity index (χ4n) is 4.33. The van der Waals surface area contributed by atoms with Crippen LogP contribution >= 0.6 is 0 Å². The van der Waals surface area contributed by atoms with E-state index in [4.69, 9.17) is 0 Å². The molecule has 0 saturated carbocycles. The minimum Gasteiger partial charge on any atom is -0.0678 e. The van der Waals surface area contributed by atoms with Gasteiger partial charge in [-0.1, -0.05) is 155 Å². The maximum atomic E-state index is 2.45. The molecule has 0 aromatic rings. The fourth-order valence-corrected chi connectivity index (χ4v) is 7.89. The van der Waals surface area contributed by atoms with Crippen molar-refractivity contribution in [2.24, 2.45) is 0 Å². The van der Waals surface area contributed by atoms with Gasteiger partial charge in [-0.2, -0.15) is 0 Å². The summed E-state index contributed by atoms with van der Waals surface area (Å²) in [4.78, 5) is 0. The Morgan fingerprint density at radius 3 is 0.920 bits per heavy atom. The third-order valence-electron chi connectivity index (χ3n) is 6.81. The lowest BCUT2D eigenvalue weighted by atomic mass is 10.0. The second-order valence-electron chi connectivity index (χ2n) is 8.61. The van der Waals surface area contributed by atoms with Crippen molar-refractivity contribution in [2.45, 2.75) is 155 Å². The minimum atomic E-state index is -0.825. The molecule has 0 spiro atoms. The summed E-state index contributed by atoms with van der Waals surface area (Å²) < 4.78 is 0. The van der Waals surface area contributed by atoms with Gasteiger partial charge in [-0.15, -0.1) is 0 Å². The average molecular weight is 369 g/mol. The zero-order valence-corrected chi connectivity index (χ0v) is 19.6. The Balaban J connectivity index is 3.21. The van der Waals surface area contributed by atoms with Gasteiger partial charge in [-0.3, -0.25) is 0 Å². The van der Waals surface area contributed by atoms with E-state index in [1.54, 1.807) is 6.04 Å². The molecule has 0 unspecified atom stereocenters. The van der Waals surface area contributed by atoms with Crippen LogP contribution in [0.1, 0.15) is 130 Å². The summed E-state index contributed by atoms with van der Waals surface area (Å²) in [5, 5.41) is 0. The molecular formula is C24H52Si. The highest BCUT2D eigenvalue weighted by Gasteiger charge is 2.25. The van der Waals surface area contributed by atoms with Gasteiger partial charge in [0.15, 0.2) is 0 Å². The van der Waals surface area contributed by atoms with E-state index >= 15 is 0 Å². The van der Waals surface area contributed by atoms with Crippen LogP contribution in [0.2, 0.25) is 24.2 Å². The van der Waals surface area contributed by atoms with Gasteiger partial charge in [0.05, 0.1) is 8.07 Å². The molecule has 0 atom stereocenters. The molecule has 0 aliphatic carbocycles. The normalized spacial score (nSPS) is 12.0. The molecule has 0 radical (unpaired) electrons. The summed E-state index contributed by atoms with van der Waals surface area (Å²) in [6, 6.07) is 6.14. The molecule has 0 rings (SSSR count). The monoisotopic (exact) mass is 368 g/mol. The molecule has 0 aromatic heterocycles. The topological polar surface area (TPSA) is 0 Å². The van der Waals surface area contributed by atoms with Crippen molar-refractivity contribution in [1.29, 1.82) is 0 Å². The number of hydrogen-bond acceptors (Lipinski definition) is 0. The first-order valence-electron chi connectivity index (χ1n) is 12.2. The summed E-state index contributed by atoms with van der Waals surface area (Å²) in [6.07, 6.45) is 23.7. The molecular weight excluding hydrogens is 316 g/mol. The number of rotatable bonds is 20. The van der Waals surface area contributed by atoms with Gasteiger partial charge in [-0.05, 0) is 0 Å². The van der Waals surface area contributed by atoms with E-state index in [9.17, 15) is 0 Å². The molecule has 0 aliphatic rings. The van der Waals surface area contributed by atoms with Crippen LogP contribution in [0.15, 0.2) is 0 Å². The summed E-state index contributed by atoms with van der Waals surface area (Å²) in [7, 11) is -0.825. The van der Waals surface area contributed by atoms with Crippen LogP contribution in [-0.2, 0) is 0 Å². The molecule has 0 nitrogen and oxygen atoms in total. The molecule has 0 bridgehead atoms. The maximum Gasteiger partial charge on any atom is 0.0527 e. The van der Waals surface area contributed by atoms with Crippen LogP contribution in [0, 0.1) is 0 Å². The molecule has 25 heavy (non-hydrogen) atoms. The van der Waals surface area contributed by atoms with E-state index in [2.05, 4.69) is 27.7 Å². The van der Waals surface area contributed by atoms with Crippen molar-refractivity contribution >= 4 is 8.07 Å². The predicted octanol–water partition coefficient (Wildman–Crippen LogP) is 9.76. The highest BCUT2D eigenvalue weighted by molar-refractivity contribution is 6.79.